The Hall–Kier alpha value is -2.36. The molecule has 2 N–H and O–H groups in total. The van der Waals surface area contributed by atoms with Crippen LogP contribution in [0.4, 0.5) is 5.69 Å². The highest BCUT2D eigenvalue weighted by Crippen LogP contribution is 2.09. The quantitative estimate of drug-likeness (QED) is 0.767. The number of aromatic nitrogens is 1. The van der Waals surface area contributed by atoms with Crippen molar-refractivity contribution in [2.45, 2.75) is 26.3 Å². The summed E-state index contributed by atoms with van der Waals surface area (Å²) in [5, 5.41) is 6.18. The molecule has 0 fully saturated rings. The minimum atomic E-state index is -0.106. The first-order valence-corrected chi connectivity index (χ1v) is 7.30. The van der Waals surface area contributed by atoms with E-state index in [4.69, 9.17) is 0 Å². The fourth-order valence-corrected chi connectivity index (χ4v) is 1.95. The van der Waals surface area contributed by atoms with Crippen LogP contribution in [0.1, 0.15) is 35.7 Å². The molecule has 0 atom stereocenters. The number of carbonyl (C=O) groups is 1. The van der Waals surface area contributed by atoms with Crippen molar-refractivity contribution in [2.75, 3.05) is 11.9 Å². The molecule has 0 aliphatic rings. The zero-order valence-electron chi connectivity index (χ0n) is 12.3. The molecule has 4 heteroatoms. The van der Waals surface area contributed by atoms with E-state index in [2.05, 4.69) is 22.5 Å². The molecule has 21 heavy (non-hydrogen) atoms. The Morgan fingerprint density at radius 1 is 1.19 bits per heavy atom. The number of hydrogen-bond donors (Lipinski definition) is 2. The lowest BCUT2D eigenvalue weighted by molar-refractivity contribution is 0.0950. The van der Waals surface area contributed by atoms with Gasteiger partial charge in [0, 0.05) is 25.5 Å². The number of hydrogen-bond acceptors (Lipinski definition) is 3. The molecule has 0 saturated carbocycles. The lowest BCUT2D eigenvalue weighted by atomic mass is 10.2. The van der Waals surface area contributed by atoms with Gasteiger partial charge in [-0.05, 0) is 18.1 Å². The molecule has 2 rings (SSSR count). The second kappa shape index (κ2) is 8.04. The fourth-order valence-electron chi connectivity index (χ4n) is 1.95. The van der Waals surface area contributed by atoms with Crippen LogP contribution in [0.25, 0.3) is 0 Å². The van der Waals surface area contributed by atoms with Crippen LogP contribution in [-0.4, -0.2) is 17.4 Å². The van der Waals surface area contributed by atoms with Crippen molar-refractivity contribution >= 4 is 11.6 Å². The number of nitrogens with one attached hydrogen (secondary N) is 2. The zero-order chi connectivity index (χ0) is 14.9. The number of nitrogens with zero attached hydrogens (tertiary/aromatic N) is 1. The fraction of sp³-hybridized carbons (Fsp3) is 0.294. The van der Waals surface area contributed by atoms with Gasteiger partial charge in [0.15, 0.2) is 0 Å². The van der Waals surface area contributed by atoms with Gasteiger partial charge in [-0.2, -0.15) is 0 Å². The van der Waals surface area contributed by atoms with Crippen LogP contribution in [0.3, 0.4) is 0 Å². The van der Waals surface area contributed by atoms with Gasteiger partial charge in [-0.15, -0.1) is 0 Å². The molecular weight excluding hydrogens is 262 g/mol. The Balaban J connectivity index is 1.91. The van der Waals surface area contributed by atoms with Crippen molar-refractivity contribution < 1.29 is 4.79 Å². The number of pyridine rings is 1. The van der Waals surface area contributed by atoms with E-state index in [-0.39, 0.29) is 5.91 Å². The van der Waals surface area contributed by atoms with Gasteiger partial charge < -0.3 is 10.6 Å². The van der Waals surface area contributed by atoms with Gasteiger partial charge in [-0.25, -0.2) is 0 Å². The molecular formula is C17H21N3O. The van der Waals surface area contributed by atoms with Crippen molar-refractivity contribution in [3.05, 3.63) is 59.9 Å². The predicted octanol–water partition coefficient (Wildman–Crippen LogP) is 3.22. The highest BCUT2D eigenvalue weighted by Gasteiger charge is 2.06. The molecule has 4 nitrogen and oxygen atoms in total. The monoisotopic (exact) mass is 283 g/mol. The van der Waals surface area contributed by atoms with Crippen LogP contribution in [0.15, 0.2) is 48.8 Å². The van der Waals surface area contributed by atoms with Crippen molar-refractivity contribution in [1.29, 1.82) is 0 Å². The Kier molecular flexibility index (Phi) is 5.76. The normalized spacial score (nSPS) is 10.1. The Labute approximate surface area is 125 Å². The highest BCUT2D eigenvalue weighted by atomic mass is 16.1. The summed E-state index contributed by atoms with van der Waals surface area (Å²) >= 11 is 0. The van der Waals surface area contributed by atoms with Gasteiger partial charge in [0.2, 0.25) is 0 Å². The molecule has 2 aromatic rings. The van der Waals surface area contributed by atoms with E-state index >= 15 is 0 Å². The topological polar surface area (TPSA) is 54.0 Å². The first kappa shape index (κ1) is 15.0. The van der Waals surface area contributed by atoms with Crippen LogP contribution in [0.5, 0.6) is 0 Å². The smallest absolute Gasteiger partial charge is 0.253 e. The van der Waals surface area contributed by atoms with Crippen molar-refractivity contribution in [1.82, 2.24) is 10.3 Å². The average molecular weight is 283 g/mol. The standard InChI is InChI=1S/C17H21N3O/c1-2-3-9-19-16-10-15(12-18-13-16)17(21)20-11-14-7-5-4-6-8-14/h4-8,10,12-13,19H,2-3,9,11H2,1H3,(H,20,21). The van der Waals surface area contributed by atoms with E-state index in [1.165, 1.54) is 0 Å². The third-order valence-electron chi connectivity index (χ3n) is 3.16. The Morgan fingerprint density at radius 2 is 2.00 bits per heavy atom. The molecule has 1 aromatic heterocycles. The molecule has 1 aromatic carbocycles. The predicted molar refractivity (Wildman–Crippen MR) is 85.2 cm³/mol. The maximum atomic E-state index is 12.1. The molecule has 0 radical (unpaired) electrons. The summed E-state index contributed by atoms with van der Waals surface area (Å²) < 4.78 is 0. The SMILES string of the molecule is CCCCNc1cncc(C(=O)NCc2ccccc2)c1. The summed E-state index contributed by atoms with van der Waals surface area (Å²) in [5.74, 6) is -0.106. The van der Waals surface area contributed by atoms with Gasteiger partial charge in [-0.1, -0.05) is 43.7 Å². The Morgan fingerprint density at radius 3 is 2.76 bits per heavy atom. The first-order valence-electron chi connectivity index (χ1n) is 7.30. The van der Waals surface area contributed by atoms with Gasteiger partial charge in [0.05, 0.1) is 11.3 Å². The van der Waals surface area contributed by atoms with Gasteiger partial charge >= 0.3 is 0 Å². The van der Waals surface area contributed by atoms with E-state index in [1.807, 2.05) is 36.4 Å². The maximum Gasteiger partial charge on any atom is 0.253 e. The summed E-state index contributed by atoms with van der Waals surface area (Å²) in [5.41, 5.74) is 2.54. The van der Waals surface area contributed by atoms with E-state index in [0.29, 0.717) is 12.1 Å². The lowest BCUT2D eigenvalue weighted by Gasteiger charge is -2.08. The third-order valence-corrected chi connectivity index (χ3v) is 3.16. The number of rotatable bonds is 7. The molecule has 110 valence electrons. The molecule has 0 saturated heterocycles. The van der Waals surface area contributed by atoms with Crippen LogP contribution in [0.2, 0.25) is 0 Å². The minimum Gasteiger partial charge on any atom is -0.384 e. The molecule has 0 bridgehead atoms. The molecule has 0 aliphatic carbocycles. The first-order chi connectivity index (χ1) is 10.3. The average Bonchev–Trinajstić information content (AvgIpc) is 2.54. The number of unbranched alkanes of at least 4 members (excludes halogenated alkanes) is 1. The molecule has 1 amide bonds. The van der Waals surface area contributed by atoms with Crippen molar-refractivity contribution in [3.63, 3.8) is 0 Å². The molecule has 0 aliphatic heterocycles. The zero-order valence-corrected chi connectivity index (χ0v) is 12.3. The van der Waals surface area contributed by atoms with Crippen LogP contribution >= 0.6 is 0 Å². The Bertz CT molecular complexity index is 569. The van der Waals surface area contributed by atoms with E-state index < -0.39 is 0 Å². The lowest BCUT2D eigenvalue weighted by Crippen LogP contribution is -2.23. The number of amides is 1. The van der Waals surface area contributed by atoms with Crippen LogP contribution in [0, 0.1) is 0 Å². The second-order valence-electron chi connectivity index (χ2n) is 4.91. The summed E-state index contributed by atoms with van der Waals surface area (Å²) in [4.78, 5) is 16.2. The van der Waals surface area contributed by atoms with Gasteiger partial charge in [0.25, 0.3) is 5.91 Å². The van der Waals surface area contributed by atoms with Crippen LogP contribution < -0.4 is 10.6 Å². The van der Waals surface area contributed by atoms with Crippen molar-refractivity contribution in [3.8, 4) is 0 Å². The number of anilines is 1. The van der Waals surface area contributed by atoms with E-state index in [9.17, 15) is 4.79 Å². The number of carbonyl (C=O) groups excluding carboxylic acids is 1. The minimum absolute atomic E-state index is 0.106. The highest BCUT2D eigenvalue weighted by molar-refractivity contribution is 5.94. The maximum absolute atomic E-state index is 12.1. The molecule has 0 spiro atoms. The van der Waals surface area contributed by atoms with E-state index in [1.54, 1.807) is 12.4 Å². The van der Waals surface area contributed by atoms with Gasteiger partial charge in [0.1, 0.15) is 0 Å². The van der Waals surface area contributed by atoms with Crippen LogP contribution in [-0.2, 0) is 6.54 Å². The largest absolute Gasteiger partial charge is 0.384 e. The molecule has 0 unspecified atom stereocenters. The van der Waals surface area contributed by atoms with Gasteiger partial charge in [-0.3, -0.25) is 9.78 Å². The second-order valence-corrected chi connectivity index (χ2v) is 4.91. The summed E-state index contributed by atoms with van der Waals surface area (Å²) in [6, 6.07) is 11.7. The van der Waals surface area contributed by atoms with E-state index in [0.717, 1.165) is 30.6 Å². The summed E-state index contributed by atoms with van der Waals surface area (Å²) in [7, 11) is 0. The molecule has 1 heterocycles. The third kappa shape index (κ3) is 4.91. The van der Waals surface area contributed by atoms with Crippen molar-refractivity contribution in [2.24, 2.45) is 0 Å². The summed E-state index contributed by atoms with van der Waals surface area (Å²) in [6.45, 7) is 3.56. The summed E-state index contributed by atoms with van der Waals surface area (Å²) in [6.07, 6.45) is 5.57. The number of benzene rings is 1.